The first-order valence-corrected chi connectivity index (χ1v) is 20.4. The molecule has 1 saturated heterocycles. The second kappa shape index (κ2) is 18.2. The third-order valence-corrected chi connectivity index (χ3v) is 12.1. The molecule has 0 aliphatic carbocycles. The van der Waals surface area contributed by atoms with Gasteiger partial charge in [0.2, 0.25) is 10.0 Å². The van der Waals surface area contributed by atoms with Crippen molar-refractivity contribution < 1.29 is 44.2 Å². The first-order valence-electron chi connectivity index (χ1n) is 18.9. The zero-order valence-electron chi connectivity index (χ0n) is 33.6. The Hall–Kier alpha value is -4.89. The highest BCUT2D eigenvalue weighted by molar-refractivity contribution is 7.89. The summed E-state index contributed by atoms with van der Waals surface area (Å²) in [5, 5.41) is 0. The molecule has 2 N–H and O–H groups in total. The van der Waals surface area contributed by atoms with Gasteiger partial charge < -0.3 is 15.2 Å². The Morgan fingerprint density at radius 1 is 0.542 bits per heavy atom. The molecular formula is C45H49F6N3O4S. The Balaban J connectivity index is 0.000000256. The van der Waals surface area contributed by atoms with E-state index in [0.29, 0.717) is 53.7 Å². The molecule has 59 heavy (non-hydrogen) atoms. The van der Waals surface area contributed by atoms with Gasteiger partial charge in [-0.15, -0.1) is 0 Å². The molecule has 1 aliphatic rings. The molecule has 14 heteroatoms. The topological polar surface area (TPSA) is 85.1 Å². The lowest BCUT2D eigenvalue weighted by atomic mass is 9.91. The van der Waals surface area contributed by atoms with Gasteiger partial charge in [-0.05, 0) is 118 Å². The SMILES string of the molecule is CC(C)(N)c1ccc(OCc2ccc(C(F)(F)F)cc2)cc1.Cc1ccc(S(=O)(=O)N2CCN(C(C)(C)c3ccc(OCc4ccc(C(F)(F)F)cc4)cc3)CC2)cc1. The zero-order chi connectivity index (χ0) is 43.2. The summed E-state index contributed by atoms with van der Waals surface area (Å²) >= 11 is 0. The molecule has 0 aromatic heterocycles. The summed E-state index contributed by atoms with van der Waals surface area (Å²) in [6, 6.07) is 31.8. The third-order valence-electron chi connectivity index (χ3n) is 10.2. The average molecular weight is 842 g/mol. The van der Waals surface area contributed by atoms with Crippen LogP contribution in [-0.4, -0.2) is 43.8 Å². The van der Waals surface area contributed by atoms with Gasteiger partial charge in [0.25, 0.3) is 0 Å². The lowest BCUT2D eigenvalue weighted by molar-refractivity contribution is -0.138. The van der Waals surface area contributed by atoms with E-state index < -0.39 is 39.0 Å². The fourth-order valence-electron chi connectivity index (χ4n) is 6.38. The number of nitrogens with two attached hydrogens (primary N) is 1. The predicted molar refractivity (Wildman–Crippen MR) is 216 cm³/mol. The number of nitrogens with zero attached hydrogens (tertiary/aromatic N) is 2. The number of benzene rings is 5. The van der Waals surface area contributed by atoms with Crippen molar-refractivity contribution >= 4 is 10.0 Å². The Bertz CT molecular complexity index is 2150. The van der Waals surface area contributed by atoms with E-state index in [-0.39, 0.29) is 18.8 Å². The van der Waals surface area contributed by atoms with Crippen molar-refractivity contribution in [2.45, 2.75) is 76.2 Å². The van der Waals surface area contributed by atoms with Gasteiger partial charge in [0.05, 0.1) is 16.0 Å². The van der Waals surface area contributed by atoms with Crippen LogP contribution < -0.4 is 15.2 Å². The highest BCUT2D eigenvalue weighted by Gasteiger charge is 2.35. The van der Waals surface area contributed by atoms with Gasteiger partial charge in [-0.25, -0.2) is 8.42 Å². The lowest BCUT2D eigenvalue weighted by Crippen LogP contribution is -2.54. The second-order valence-corrected chi connectivity index (χ2v) is 17.4. The molecule has 5 aromatic rings. The van der Waals surface area contributed by atoms with Gasteiger partial charge in [0.15, 0.2) is 0 Å². The molecule has 6 rings (SSSR count). The summed E-state index contributed by atoms with van der Waals surface area (Å²) in [5.41, 5.74) is 8.27. The molecule has 316 valence electrons. The van der Waals surface area contributed by atoms with E-state index in [9.17, 15) is 34.8 Å². The maximum absolute atomic E-state index is 13.0. The molecule has 0 atom stereocenters. The minimum atomic E-state index is -4.36. The van der Waals surface area contributed by atoms with Crippen molar-refractivity contribution in [1.29, 1.82) is 0 Å². The molecule has 7 nitrogen and oxygen atoms in total. The molecule has 1 heterocycles. The summed E-state index contributed by atoms with van der Waals surface area (Å²) in [5.74, 6) is 1.27. The van der Waals surface area contributed by atoms with E-state index in [2.05, 4.69) is 18.7 Å². The van der Waals surface area contributed by atoms with Crippen LogP contribution in [0.4, 0.5) is 26.3 Å². The summed E-state index contributed by atoms with van der Waals surface area (Å²) in [6.45, 7) is 12.4. The van der Waals surface area contributed by atoms with Crippen molar-refractivity contribution in [3.63, 3.8) is 0 Å². The van der Waals surface area contributed by atoms with Crippen LogP contribution in [0.15, 0.2) is 126 Å². The van der Waals surface area contributed by atoms with E-state index in [4.69, 9.17) is 15.2 Å². The van der Waals surface area contributed by atoms with Gasteiger partial charge in [0, 0.05) is 37.3 Å². The quantitative estimate of drug-likeness (QED) is 0.133. The van der Waals surface area contributed by atoms with Crippen molar-refractivity contribution in [3.05, 3.63) is 160 Å². The summed E-state index contributed by atoms with van der Waals surface area (Å²) in [6.07, 6.45) is -8.67. The van der Waals surface area contributed by atoms with Crippen molar-refractivity contribution in [3.8, 4) is 11.5 Å². The fourth-order valence-corrected chi connectivity index (χ4v) is 7.80. The van der Waals surface area contributed by atoms with Gasteiger partial charge in [0.1, 0.15) is 24.7 Å². The molecule has 1 aliphatic heterocycles. The molecule has 0 bridgehead atoms. The molecule has 1 fully saturated rings. The van der Waals surface area contributed by atoms with Crippen molar-refractivity contribution in [1.82, 2.24) is 9.21 Å². The molecule has 5 aromatic carbocycles. The smallest absolute Gasteiger partial charge is 0.416 e. The van der Waals surface area contributed by atoms with Gasteiger partial charge in [-0.1, -0.05) is 66.2 Å². The summed E-state index contributed by atoms with van der Waals surface area (Å²) in [7, 11) is -3.52. The molecule has 0 unspecified atom stereocenters. The number of ether oxygens (including phenoxy) is 2. The van der Waals surface area contributed by atoms with Crippen LogP contribution >= 0.6 is 0 Å². The molecule has 0 saturated carbocycles. The van der Waals surface area contributed by atoms with E-state index in [1.807, 2.05) is 69.3 Å². The number of hydrogen-bond donors (Lipinski definition) is 1. The number of hydrogen-bond acceptors (Lipinski definition) is 6. The van der Waals surface area contributed by atoms with Gasteiger partial charge >= 0.3 is 12.4 Å². The minimum absolute atomic E-state index is 0.165. The standard InChI is InChI=1S/C28H31F3N2O3S.C17H18F3NO/c1-21-4-14-26(15-5-21)37(34,35)33-18-16-32(17-19-33)27(2,3)23-10-12-25(13-11-23)36-20-22-6-8-24(9-7-22)28(29,30)31;1-16(2,21)13-7-9-15(10-8-13)22-11-12-3-5-14(6-4-12)17(18,19)20/h4-15H,16-20H2,1-3H3;3-10H,11,21H2,1-2H3. The maximum atomic E-state index is 13.0. The van der Waals surface area contributed by atoms with Crippen LogP contribution in [-0.2, 0) is 46.7 Å². The van der Waals surface area contributed by atoms with Crippen LogP contribution in [0.5, 0.6) is 11.5 Å². The lowest BCUT2D eigenvalue weighted by Gasteiger charge is -2.44. The monoisotopic (exact) mass is 841 g/mol. The molecule has 0 spiro atoms. The molecule has 0 radical (unpaired) electrons. The summed E-state index contributed by atoms with van der Waals surface area (Å²) < 4.78 is 115. The Morgan fingerprint density at radius 2 is 0.915 bits per heavy atom. The average Bonchev–Trinajstić information content (AvgIpc) is 3.19. The molecular weight excluding hydrogens is 793 g/mol. The van der Waals surface area contributed by atoms with E-state index in [1.54, 1.807) is 28.6 Å². The first kappa shape index (κ1) is 45.2. The number of alkyl halides is 6. The van der Waals surface area contributed by atoms with Gasteiger partial charge in [-0.3, -0.25) is 4.90 Å². The number of aryl methyl sites for hydroxylation is 1. The van der Waals surface area contributed by atoms with Crippen LogP contribution in [0.2, 0.25) is 0 Å². The van der Waals surface area contributed by atoms with Crippen LogP contribution in [0, 0.1) is 6.92 Å². The normalized spacial score (nSPS) is 14.6. The van der Waals surface area contributed by atoms with Crippen LogP contribution in [0.25, 0.3) is 0 Å². The van der Waals surface area contributed by atoms with Gasteiger partial charge in [-0.2, -0.15) is 30.6 Å². The predicted octanol–water partition coefficient (Wildman–Crippen LogP) is 10.3. The Kier molecular flexibility index (Phi) is 13.9. The van der Waals surface area contributed by atoms with Crippen molar-refractivity contribution in [2.75, 3.05) is 26.2 Å². The van der Waals surface area contributed by atoms with E-state index >= 15 is 0 Å². The van der Waals surface area contributed by atoms with Crippen molar-refractivity contribution in [2.24, 2.45) is 5.73 Å². The largest absolute Gasteiger partial charge is 0.489 e. The Labute approximate surface area is 342 Å². The Morgan fingerprint density at radius 3 is 1.29 bits per heavy atom. The number of sulfonamides is 1. The molecule has 0 amide bonds. The highest BCUT2D eigenvalue weighted by Crippen LogP contribution is 2.33. The number of rotatable bonds is 11. The zero-order valence-corrected chi connectivity index (χ0v) is 34.4. The summed E-state index contributed by atoms with van der Waals surface area (Å²) in [4.78, 5) is 2.59. The fraction of sp³-hybridized carbons (Fsp3) is 0.333. The minimum Gasteiger partial charge on any atom is -0.489 e. The number of halogens is 6. The first-order chi connectivity index (χ1) is 27.5. The van der Waals surface area contributed by atoms with E-state index in [1.165, 1.54) is 24.3 Å². The highest BCUT2D eigenvalue weighted by atomic mass is 32.2. The second-order valence-electron chi connectivity index (χ2n) is 15.5. The maximum Gasteiger partial charge on any atom is 0.416 e. The van der Waals surface area contributed by atoms with Crippen LogP contribution in [0.1, 0.15) is 66.6 Å². The van der Waals surface area contributed by atoms with Crippen LogP contribution in [0.3, 0.4) is 0 Å². The van der Waals surface area contributed by atoms with E-state index in [0.717, 1.165) is 41.0 Å². The third kappa shape index (κ3) is 12.1. The number of piperazine rings is 1.